The second-order valence-corrected chi connectivity index (χ2v) is 5.55. The number of para-hydroxylation sites is 1. The number of hydrogen-bond acceptors (Lipinski definition) is 6. The maximum atomic E-state index is 5.75. The molecule has 106 valence electrons. The lowest BCUT2D eigenvalue weighted by Gasteiger charge is -2.10. The van der Waals surface area contributed by atoms with E-state index >= 15 is 0 Å². The summed E-state index contributed by atoms with van der Waals surface area (Å²) < 4.78 is 5.75. The van der Waals surface area contributed by atoms with Crippen LogP contribution in [0.1, 0.15) is 19.4 Å². The molecule has 0 saturated carbocycles. The average Bonchev–Trinajstić information content (AvgIpc) is 2.83. The fourth-order valence-electron chi connectivity index (χ4n) is 1.47. The van der Waals surface area contributed by atoms with Gasteiger partial charge in [0.25, 0.3) is 0 Å². The molecule has 0 amide bonds. The largest absolute Gasteiger partial charge is 0.493 e. The van der Waals surface area contributed by atoms with Crippen LogP contribution in [0.2, 0.25) is 0 Å². The third kappa shape index (κ3) is 4.24. The maximum absolute atomic E-state index is 5.75. The molecule has 0 fully saturated rings. The zero-order valence-electron chi connectivity index (χ0n) is 11.5. The molecule has 5 nitrogen and oxygen atoms in total. The minimum atomic E-state index is 0.483. The first-order chi connectivity index (χ1) is 9.65. The number of hydrogen-bond donors (Lipinski definition) is 2. The van der Waals surface area contributed by atoms with Crippen molar-refractivity contribution in [3.8, 4) is 5.75 Å². The summed E-state index contributed by atoms with van der Waals surface area (Å²) >= 11 is 1.41. The molecular formula is C14H18N4OS. The van der Waals surface area contributed by atoms with Crippen molar-refractivity contribution in [1.82, 2.24) is 4.98 Å². The molecule has 0 atom stereocenters. The van der Waals surface area contributed by atoms with Crippen LogP contribution in [0.5, 0.6) is 5.75 Å². The highest BCUT2D eigenvalue weighted by molar-refractivity contribution is 7.14. The summed E-state index contributed by atoms with van der Waals surface area (Å²) in [6.45, 7) is 4.91. The molecule has 1 heterocycles. The van der Waals surface area contributed by atoms with Gasteiger partial charge in [-0.25, -0.2) is 4.98 Å². The molecule has 0 unspecified atom stereocenters. The summed E-state index contributed by atoms with van der Waals surface area (Å²) in [4.78, 5) is 4.06. The van der Waals surface area contributed by atoms with Crippen LogP contribution in [0.3, 0.4) is 0 Å². The first-order valence-electron chi connectivity index (χ1n) is 6.37. The fourth-order valence-corrected chi connectivity index (χ4v) is 2.02. The van der Waals surface area contributed by atoms with Crippen molar-refractivity contribution in [3.63, 3.8) is 0 Å². The number of benzene rings is 1. The summed E-state index contributed by atoms with van der Waals surface area (Å²) in [6.07, 6.45) is 1.72. The highest BCUT2D eigenvalue weighted by Crippen LogP contribution is 2.18. The Balaban J connectivity index is 2.01. The maximum Gasteiger partial charge on any atom is 0.205 e. The molecule has 0 radical (unpaired) electrons. The van der Waals surface area contributed by atoms with E-state index in [2.05, 4.69) is 29.4 Å². The van der Waals surface area contributed by atoms with E-state index < -0.39 is 0 Å². The summed E-state index contributed by atoms with van der Waals surface area (Å²) in [5, 5.41) is 6.58. The number of rotatable bonds is 6. The lowest BCUT2D eigenvalue weighted by Crippen LogP contribution is -2.06. The second-order valence-electron chi connectivity index (χ2n) is 4.69. The number of nitrogens with two attached hydrogens (primary N) is 1. The molecule has 1 aromatic heterocycles. The van der Waals surface area contributed by atoms with Crippen molar-refractivity contribution < 1.29 is 4.74 Å². The molecule has 0 bridgehead atoms. The van der Waals surface area contributed by atoms with Gasteiger partial charge in [0, 0.05) is 10.9 Å². The standard InChI is InChI=1S/C14H18N4OS/c1-10(2)8-19-12-6-4-3-5-11(12)7-16-18-14-17-13(15)9-20-14/h3-7,9-10H,8,15H2,1-2H3,(H,17,18). The Bertz CT molecular complexity index is 580. The summed E-state index contributed by atoms with van der Waals surface area (Å²) in [5.41, 5.74) is 9.31. The number of nitrogens with one attached hydrogen (secondary N) is 1. The van der Waals surface area contributed by atoms with Gasteiger partial charge in [0.15, 0.2) is 0 Å². The Labute approximate surface area is 122 Å². The molecule has 1 aromatic carbocycles. The van der Waals surface area contributed by atoms with E-state index in [1.807, 2.05) is 24.3 Å². The van der Waals surface area contributed by atoms with Crippen molar-refractivity contribution in [1.29, 1.82) is 0 Å². The van der Waals surface area contributed by atoms with Gasteiger partial charge >= 0.3 is 0 Å². The van der Waals surface area contributed by atoms with Gasteiger partial charge in [-0.15, -0.1) is 11.3 Å². The predicted octanol–water partition coefficient (Wildman–Crippen LogP) is 3.21. The molecule has 0 saturated heterocycles. The molecule has 20 heavy (non-hydrogen) atoms. The van der Waals surface area contributed by atoms with Crippen LogP contribution in [0.4, 0.5) is 10.9 Å². The first kappa shape index (κ1) is 14.3. The number of aromatic nitrogens is 1. The summed E-state index contributed by atoms with van der Waals surface area (Å²) in [7, 11) is 0. The topological polar surface area (TPSA) is 72.5 Å². The quantitative estimate of drug-likeness (QED) is 0.633. The van der Waals surface area contributed by atoms with Crippen LogP contribution < -0.4 is 15.9 Å². The van der Waals surface area contributed by atoms with Crippen molar-refractivity contribution in [2.24, 2.45) is 11.0 Å². The van der Waals surface area contributed by atoms with E-state index in [0.717, 1.165) is 11.3 Å². The number of thiazole rings is 1. The van der Waals surface area contributed by atoms with Gasteiger partial charge in [-0.05, 0) is 18.1 Å². The molecule has 0 spiro atoms. The number of nitrogens with zero attached hydrogens (tertiary/aromatic N) is 2. The Morgan fingerprint density at radius 2 is 2.25 bits per heavy atom. The smallest absolute Gasteiger partial charge is 0.205 e. The Morgan fingerprint density at radius 3 is 2.95 bits per heavy atom. The lowest BCUT2D eigenvalue weighted by atomic mass is 10.2. The van der Waals surface area contributed by atoms with E-state index in [9.17, 15) is 0 Å². The normalized spacial score (nSPS) is 11.2. The van der Waals surface area contributed by atoms with Gasteiger partial charge in [-0.3, -0.25) is 5.43 Å². The van der Waals surface area contributed by atoms with Crippen LogP contribution >= 0.6 is 11.3 Å². The highest BCUT2D eigenvalue weighted by atomic mass is 32.1. The molecule has 3 N–H and O–H groups in total. The zero-order valence-corrected chi connectivity index (χ0v) is 12.4. The first-order valence-corrected chi connectivity index (χ1v) is 7.25. The SMILES string of the molecule is CC(C)COc1ccccc1C=NNc1nc(N)cs1. The number of hydrazone groups is 1. The molecule has 0 aliphatic rings. The molecule has 0 aliphatic carbocycles. The van der Waals surface area contributed by atoms with Crippen molar-refractivity contribution in [3.05, 3.63) is 35.2 Å². The van der Waals surface area contributed by atoms with Crippen molar-refractivity contribution in [2.45, 2.75) is 13.8 Å². The van der Waals surface area contributed by atoms with Crippen LogP contribution in [-0.2, 0) is 0 Å². The minimum Gasteiger partial charge on any atom is -0.493 e. The van der Waals surface area contributed by atoms with Crippen LogP contribution in [0.25, 0.3) is 0 Å². The van der Waals surface area contributed by atoms with Gasteiger partial charge in [0.1, 0.15) is 11.6 Å². The van der Waals surface area contributed by atoms with Gasteiger partial charge in [0.05, 0.1) is 12.8 Å². The van der Waals surface area contributed by atoms with Crippen LogP contribution in [0, 0.1) is 5.92 Å². The lowest BCUT2D eigenvalue weighted by molar-refractivity contribution is 0.271. The van der Waals surface area contributed by atoms with Gasteiger partial charge in [0.2, 0.25) is 5.13 Å². The fraction of sp³-hybridized carbons (Fsp3) is 0.286. The number of ether oxygens (including phenoxy) is 1. The van der Waals surface area contributed by atoms with Crippen LogP contribution in [-0.4, -0.2) is 17.8 Å². The summed E-state index contributed by atoms with van der Waals surface area (Å²) in [5.74, 6) is 1.80. The van der Waals surface area contributed by atoms with E-state index in [1.165, 1.54) is 11.3 Å². The number of nitrogen functional groups attached to an aromatic ring is 1. The van der Waals surface area contributed by atoms with Crippen LogP contribution in [0.15, 0.2) is 34.7 Å². The second kappa shape index (κ2) is 6.91. The van der Waals surface area contributed by atoms with E-state index in [0.29, 0.717) is 23.5 Å². The summed E-state index contributed by atoms with van der Waals surface area (Å²) in [6, 6.07) is 7.79. The van der Waals surface area contributed by atoms with Crippen molar-refractivity contribution in [2.75, 3.05) is 17.8 Å². The molecule has 0 aliphatic heterocycles. The molecule has 2 aromatic rings. The molecular weight excluding hydrogens is 272 g/mol. The third-order valence-electron chi connectivity index (χ3n) is 2.38. The van der Waals surface area contributed by atoms with E-state index in [1.54, 1.807) is 11.6 Å². The highest BCUT2D eigenvalue weighted by Gasteiger charge is 2.02. The minimum absolute atomic E-state index is 0.483. The van der Waals surface area contributed by atoms with E-state index in [4.69, 9.17) is 10.5 Å². The van der Waals surface area contributed by atoms with Gasteiger partial charge < -0.3 is 10.5 Å². The van der Waals surface area contributed by atoms with E-state index in [-0.39, 0.29) is 0 Å². The van der Waals surface area contributed by atoms with Gasteiger partial charge in [-0.1, -0.05) is 26.0 Å². The molecule has 6 heteroatoms. The predicted molar refractivity (Wildman–Crippen MR) is 84.5 cm³/mol. The Morgan fingerprint density at radius 1 is 1.45 bits per heavy atom. The Hall–Kier alpha value is -2.08. The third-order valence-corrected chi connectivity index (χ3v) is 3.14. The zero-order chi connectivity index (χ0) is 14.4. The molecule has 2 rings (SSSR count). The van der Waals surface area contributed by atoms with Gasteiger partial charge in [-0.2, -0.15) is 5.10 Å². The number of anilines is 2. The average molecular weight is 290 g/mol. The monoisotopic (exact) mass is 290 g/mol. The van der Waals surface area contributed by atoms with Crippen molar-refractivity contribution >= 4 is 28.5 Å². The Kier molecular flexibility index (Phi) is 4.95.